The van der Waals surface area contributed by atoms with Crippen molar-refractivity contribution in [1.29, 1.82) is 0 Å². The molecule has 1 aliphatic rings. The number of hydrogen-bond acceptors (Lipinski definition) is 2. The van der Waals surface area contributed by atoms with Gasteiger partial charge in [-0.1, -0.05) is 25.1 Å². The van der Waals surface area contributed by atoms with Crippen molar-refractivity contribution < 1.29 is 9.18 Å². The molecule has 1 unspecified atom stereocenters. The Bertz CT molecular complexity index is 547. The van der Waals surface area contributed by atoms with Crippen LogP contribution in [0.3, 0.4) is 0 Å². The summed E-state index contributed by atoms with van der Waals surface area (Å²) in [5, 5.41) is 6.39. The van der Waals surface area contributed by atoms with Crippen molar-refractivity contribution in [3.05, 3.63) is 35.6 Å². The number of nitrogens with zero attached hydrogens (tertiary/aromatic N) is 2. The van der Waals surface area contributed by atoms with Crippen LogP contribution in [0.1, 0.15) is 25.3 Å². The molecule has 22 heavy (non-hydrogen) atoms. The second-order valence-corrected chi connectivity index (χ2v) is 5.34. The van der Waals surface area contributed by atoms with Gasteiger partial charge >= 0.3 is 0 Å². The van der Waals surface area contributed by atoms with Crippen LogP contribution in [0.4, 0.5) is 4.39 Å². The molecule has 1 amide bonds. The Hall–Kier alpha value is -2.11. The molecule has 1 fully saturated rings. The topological polar surface area (TPSA) is 56.7 Å². The Kier molecular flexibility index (Phi) is 5.75. The second-order valence-electron chi connectivity index (χ2n) is 5.34. The van der Waals surface area contributed by atoms with E-state index in [0.29, 0.717) is 31.0 Å². The van der Waals surface area contributed by atoms with Crippen molar-refractivity contribution in [2.24, 2.45) is 4.99 Å². The van der Waals surface area contributed by atoms with Crippen molar-refractivity contribution in [2.45, 2.75) is 32.4 Å². The summed E-state index contributed by atoms with van der Waals surface area (Å²) in [6.45, 7) is 3.70. The van der Waals surface area contributed by atoms with Crippen LogP contribution < -0.4 is 10.6 Å². The largest absolute Gasteiger partial charge is 0.352 e. The number of amides is 1. The normalized spacial score (nSPS) is 18.4. The third kappa shape index (κ3) is 4.19. The molecule has 1 aromatic carbocycles. The lowest BCUT2D eigenvalue weighted by Crippen LogP contribution is -2.44. The van der Waals surface area contributed by atoms with E-state index < -0.39 is 0 Å². The van der Waals surface area contributed by atoms with Gasteiger partial charge in [0.25, 0.3) is 0 Å². The van der Waals surface area contributed by atoms with Crippen molar-refractivity contribution >= 4 is 11.9 Å². The number of likely N-dealkylation sites (tertiary alicyclic amines) is 1. The van der Waals surface area contributed by atoms with E-state index in [9.17, 15) is 9.18 Å². The quantitative estimate of drug-likeness (QED) is 0.655. The van der Waals surface area contributed by atoms with Crippen LogP contribution in [0.2, 0.25) is 0 Å². The molecular formula is C16H23FN4O. The number of halogens is 1. The minimum absolute atomic E-state index is 0.179. The standard InChI is InChI=1S/C16H23FN4O/c1-3-15(22)21-9-8-13(11-21)20-16(18-2)19-10-12-6-4-5-7-14(12)17/h4-7,13H,3,8-11H2,1-2H3,(H2,18,19,20). The summed E-state index contributed by atoms with van der Waals surface area (Å²) in [7, 11) is 1.68. The molecule has 0 aliphatic carbocycles. The molecule has 6 heteroatoms. The van der Waals surface area contributed by atoms with Gasteiger partial charge in [-0.15, -0.1) is 0 Å². The molecule has 1 heterocycles. The van der Waals surface area contributed by atoms with Gasteiger partial charge in [0.05, 0.1) is 0 Å². The van der Waals surface area contributed by atoms with E-state index in [1.54, 1.807) is 19.2 Å². The molecule has 120 valence electrons. The number of benzene rings is 1. The fourth-order valence-electron chi connectivity index (χ4n) is 2.54. The maximum atomic E-state index is 13.6. The molecule has 1 atom stereocenters. The third-order valence-electron chi connectivity index (χ3n) is 3.81. The summed E-state index contributed by atoms with van der Waals surface area (Å²) in [5.41, 5.74) is 0.597. The Labute approximate surface area is 130 Å². The second kappa shape index (κ2) is 7.77. The van der Waals surface area contributed by atoms with Crippen molar-refractivity contribution in [2.75, 3.05) is 20.1 Å². The highest BCUT2D eigenvalue weighted by Crippen LogP contribution is 2.10. The fraction of sp³-hybridized carbons (Fsp3) is 0.500. The number of carbonyl (C=O) groups excluding carboxylic acids is 1. The van der Waals surface area contributed by atoms with E-state index >= 15 is 0 Å². The number of hydrogen-bond donors (Lipinski definition) is 2. The van der Waals surface area contributed by atoms with Crippen LogP contribution in [0.25, 0.3) is 0 Å². The van der Waals surface area contributed by atoms with Crippen molar-refractivity contribution in [3.63, 3.8) is 0 Å². The molecular weight excluding hydrogens is 283 g/mol. The number of carbonyl (C=O) groups is 1. The first-order valence-electron chi connectivity index (χ1n) is 7.62. The molecule has 2 N–H and O–H groups in total. The first-order valence-corrected chi connectivity index (χ1v) is 7.62. The highest BCUT2D eigenvalue weighted by molar-refractivity contribution is 5.80. The fourth-order valence-corrected chi connectivity index (χ4v) is 2.54. The number of nitrogens with one attached hydrogen (secondary N) is 2. The molecule has 0 radical (unpaired) electrons. The minimum Gasteiger partial charge on any atom is -0.352 e. The number of rotatable bonds is 4. The predicted octanol–water partition coefficient (Wildman–Crippen LogP) is 1.50. The zero-order chi connectivity index (χ0) is 15.9. The van der Waals surface area contributed by atoms with Gasteiger partial charge in [0.15, 0.2) is 5.96 Å². The van der Waals surface area contributed by atoms with Gasteiger partial charge in [-0.2, -0.15) is 0 Å². The van der Waals surface area contributed by atoms with Gasteiger partial charge in [-0.05, 0) is 12.5 Å². The number of aliphatic imine (C=N–C) groups is 1. The molecule has 0 spiro atoms. The average molecular weight is 306 g/mol. The predicted molar refractivity (Wildman–Crippen MR) is 85.0 cm³/mol. The zero-order valence-corrected chi connectivity index (χ0v) is 13.1. The van der Waals surface area contributed by atoms with Crippen LogP contribution in [-0.4, -0.2) is 42.9 Å². The minimum atomic E-state index is -0.231. The summed E-state index contributed by atoms with van der Waals surface area (Å²) in [4.78, 5) is 17.7. The van der Waals surface area contributed by atoms with Gasteiger partial charge in [-0.25, -0.2) is 4.39 Å². The van der Waals surface area contributed by atoms with Gasteiger partial charge in [-0.3, -0.25) is 9.79 Å². The summed E-state index contributed by atoms with van der Waals surface area (Å²) in [6, 6.07) is 6.85. The summed E-state index contributed by atoms with van der Waals surface area (Å²) < 4.78 is 13.6. The van der Waals surface area contributed by atoms with Crippen molar-refractivity contribution in [1.82, 2.24) is 15.5 Å². The zero-order valence-electron chi connectivity index (χ0n) is 13.1. The van der Waals surface area contributed by atoms with Gasteiger partial charge in [0.1, 0.15) is 5.82 Å². The van der Waals surface area contributed by atoms with E-state index in [-0.39, 0.29) is 17.8 Å². The first kappa shape index (κ1) is 16.3. The lowest BCUT2D eigenvalue weighted by atomic mass is 10.2. The summed E-state index contributed by atoms with van der Waals surface area (Å²) >= 11 is 0. The summed E-state index contributed by atoms with van der Waals surface area (Å²) in [5.74, 6) is 0.573. The Morgan fingerprint density at radius 3 is 2.91 bits per heavy atom. The summed E-state index contributed by atoms with van der Waals surface area (Å²) in [6.07, 6.45) is 1.43. The van der Waals surface area contributed by atoms with Crippen LogP contribution in [-0.2, 0) is 11.3 Å². The van der Waals surface area contributed by atoms with E-state index in [0.717, 1.165) is 13.0 Å². The Morgan fingerprint density at radius 2 is 2.23 bits per heavy atom. The average Bonchev–Trinajstić information content (AvgIpc) is 3.00. The lowest BCUT2D eigenvalue weighted by molar-refractivity contribution is -0.129. The molecule has 0 saturated carbocycles. The molecule has 1 aliphatic heterocycles. The smallest absolute Gasteiger partial charge is 0.222 e. The highest BCUT2D eigenvalue weighted by Gasteiger charge is 2.25. The maximum Gasteiger partial charge on any atom is 0.222 e. The van der Waals surface area contributed by atoms with Crippen LogP contribution in [0.5, 0.6) is 0 Å². The Morgan fingerprint density at radius 1 is 1.45 bits per heavy atom. The molecule has 5 nitrogen and oxygen atoms in total. The number of guanidine groups is 1. The van der Waals surface area contributed by atoms with E-state index in [1.165, 1.54) is 6.07 Å². The molecule has 1 aromatic rings. The maximum absolute atomic E-state index is 13.6. The molecule has 0 bridgehead atoms. The van der Waals surface area contributed by atoms with E-state index in [1.807, 2.05) is 17.9 Å². The third-order valence-corrected chi connectivity index (χ3v) is 3.81. The monoisotopic (exact) mass is 306 g/mol. The van der Waals surface area contributed by atoms with E-state index in [2.05, 4.69) is 15.6 Å². The lowest BCUT2D eigenvalue weighted by Gasteiger charge is -2.18. The van der Waals surface area contributed by atoms with Gasteiger partial charge < -0.3 is 15.5 Å². The molecule has 1 saturated heterocycles. The molecule has 2 rings (SSSR count). The SMILES string of the molecule is CCC(=O)N1CCC(NC(=NC)NCc2ccccc2F)C1. The Balaban J connectivity index is 1.84. The van der Waals surface area contributed by atoms with Crippen molar-refractivity contribution in [3.8, 4) is 0 Å². The van der Waals surface area contributed by atoms with Crippen LogP contribution in [0, 0.1) is 5.82 Å². The van der Waals surface area contributed by atoms with E-state index in [4.69, 9.17) is 0 Å². The first-order chi connectivity index (χ1) is 10.6. The highest BCUT2D eigenvalue weighted by atomic mass is 19.1. The van der Waals surface area contributed by atoms with Gasteiger partial charge in [0.2, 0.25) is 5.91 Å². The van der Waals surface area contributed by atoms with Crippen LogP contribution >= 0.6 is 0 Å². The molecule has 0 aromatic heterocycles. The van der Waals surface area contributed by atoms with Crippen LogP contribution in [0.15, 0.2) is 29.3 Å². The van der Waals surface area contributed by atoms with Gasteiger partial charge in [0, 0.05) is 44.7 Å².